The van der Waals surface area contributed by atoms with E-state index in [4.69, 9.17) is 12.2 Å². The number of nitro groups is 1. The van der Waals surface area contributed by atoms with Crippen LogP contribution in [-0.4, -0.2) is 10.0 Å². The first-order valence-electron chi connectivity index (χ1n) is 4.65. The average Bonchev–Trinajstić information content (AvgIpc) is 2.29. The molecular weight excluding hydrogens is 226 g/mol. The van der Waals surface area contributed by atoms with Crippen LogP contribution in [0.4, 0.5) is 5.69 Å². The molecule has 1 aromatic rings. The Labute approximate surface area is 97.3 Å². The number of nitrogens with one attached hydrogen (secondary N) is 2. The molecule has 0 radical (unpaired) electrons. The van der Waals surface area contributed by atoms with Gasteiger partial charge in [0.25, 0.3) is 5.69 Å². The maximum absolute atomic E-state index is 10.5. The van der Waals surface area contributed by atoms with E-state index in [9.17, 15) is 10.1 Å². The predicted octanol–water partition coefficient (Wildman–Crippen LogP) is 1.63. The van der Waals surface area contributed by atoms with E-state index < -0.39 is 4.92 Å². The van der Waals surface area contributed by atoms with E-state index in [1.165, 1.54) is 12.1 Å². The lowest BCUT2D eigenvalue weighted by Crippen LogP contribution is -2.37. The number of rotatable bonds is 2. The fourth-order valence-electron chi connectivity index (χ4n) is 1.45. The third-order valence-electron chi connectivity index (χ3n) is 2.25. The highest BCUT2D eigenvalue weighted by Crippen LogP contribution is 2.19. The Kier molecular flexibility index (Phi) is 2.82. The molecule has 82 valence electrons. The number of non-ortho nitro benzene ring substituents is 1. The Morgan fingerprint density at radius 3 is 2.56 bits per heavy atom. The summed E-state index contributed by atoms with van der Waals surface area (Å²) >= 11 is 4.97. The molecule has 0 fully saturated rings. The Hall–Kier alpha value is -1.95. The van der Waals surface area contributed by atoms with Crippen LogP contribution < -0.4 is 10.6 Å². The van der Waals surface area contributed by atoms with Crippen molar-refractivity contribution in [1.82, 2.24) is 10.6 Å². The van der Waals surface area contributed by atoms with Gasteiger partial charge < -0.3 is 10.6 Å². The summed E-state index contributed by atoms with van der Waals surface area (Å²) in [4.78, 5) is 10.1. The highest BCUT2D eigenvalue weighted by Gasteiger charge is 2.13. The molecular formula is C10H9N3O2S. The van der Waals surface area contributed by atoms with Gasteiger partial charge in [-0.25, -0.2) is 0 Å². The van der Waals surface area contributed by atoms with Crippen LogP contribution in [0.3, 0.4) is 0 Å². The Bertz CT molecular complexity index is 456. The van der Waals surface area contributed by atoms with Crippen LogP contribution in [0.5, 0.6) is 0 Å². The minimum atomic E-state index is -0.417. The first kappa shape index (κ1) is 10.6. The van der Waals surface area contributed by atoms with Crippen molar-refractivity contribution < 1.29 is 4.92 Å². The molecule has 2 rings (SSSR count). The Morgan fingerprint density at radius 1 is 1.31 bits per heavy atom. The minimum Gasteiger partial charge on any atom is -0.352 e. The zero-order valence-corrected chi connectivity index (χ0v) is 9.03. The van der Waals surface area contributed by atoms with Crippen LogP contribution in [0, 0.1) is 10.1 Å². The number of benzene rings is 1. The molecule has 6 heteroatoms. The van der Waals surface area contributed by atoms with Crippen LogP contribution in [0.15, 0.2) is 36.5 Å². The summed E-state index contributed by atoms with van der Waals surface area (Å²) < 4.78 is 0. The third kappa shape index (κ3) is 2.17. The van der Waals surface area contributed by atoms with Gasteiger partial charge in [-0.3, -0.25) is 10.1 Å². The molecule has 1 aliphatic rings. The highest BCUT2D eigenvalue weighted by molar-refractivity contribution is 7.80. The van der Waals surface area contributed by atoms with Gasteiger partial charge >= 0.3 is 0 Å². The molecule has 0 saturated heterocycles. The zero-order chi connectivity index (χ0) is 11.5. The summed E-state index contributed by atoms with van der Waals surface area (Å²) in [6, 6.07) is 6.36. The molecule has 5 nitrogen and oxygen atoms in total. The minimum absolute atomic E-state index is 0.0328. The standard InChI is InChI=1S/C10H9N3O2S/c14-13(15)8-3-1-7(2-4-8)9-5-6-11-10(16)12-9/h1-6,9H,(H2,11,12,16). The number of nitrogens with zero attached hydrogens (tertiary/aromatic N) is 1. The van der Waals surface area contributed by atoms with Gasteiger partial charge in [0, 0.05) is 18.3 Å². The van der Waals surface area contributed by atoms with Gasteiger partial charge in [-0.15, -0.1) is 0 Å². The fourth-order valence-corrected chi connectivity index (χ4v) is 1.64. The number of hydrogen-bond donors (Lipinski definition) is 2. The van der Waals surface area contributed by atoms with Gasteiger partial charge in [-0.1, -0.05) is 0 Å². The highest BCUT2D eigenvalue weighted by atomic mass is 32.1. The molecule has 1 atom stereocenters. The van der Waals surface area contributed by atoms with Crippen LogP contribution in [0.2, 0.25) is 0 Å². The van der Waals surface area contributed by atoms with Gasteiger partial charge in [-0.2, -0.15) is 0 Å². The zero-order valence-electron chi connectivity index (χ0n) is 8.21. The second kappa shape index (κ2) is 4.28. The van der Waals surface area contributed by atoms with Gasteiger partial charge in [0.05, 0.1) is 11.0 Å². The number of nitro benzene ring substituents is 1. The molecule has 1 aromatic carbocycles. The SMILES string of the molecule is O=[N+]([O-])c1ccc(C2C=CNC(=S)N2)cc1. The lowest BCUT2D eigenvalue weighted by molar-refractivity contribution is -0.384. The molecule has 0 bridgehead atoms. The monoisotopic (exact) mass is 235 g/mol. The van der Waals surface area contributed by atoms with Crippen LogP contribution in [0.1, 0.15) is 11.6 Å². The van der Waals surface area contributed by atoms with Gasteiger partial charge in [0.15, 0.2) is 5.11 Å². The molecule has 2 N–H and O–H groups in total. The first-order chi connectivity index (χ1) is 7.66. The number of thiocarbonyl (C=S) groups is 1. The van der Waals surface area contributed by atoms with Crippen molar-refractivity contribution in [2.75, 3.05) is 0 Å². The van der Waals surface area contributed by atoms with Crippen LogP contribution >= 0.6 is 12.2 Å². The lowest BCUT2D eigenvalue weighted by atomic mass is 10.1. The van der Waals surface area contributed by atoms with E-state index in [-0.39, 0.29) is 11.7 Å². The quantitative estimate of drug-likeness (QED) is 0.463. The fraction of sp³-hybridized carbons (Fsp3) is 0.100. The Balaban J connectivity index is 2.21. The maximum Gasteiger partial charge on any atom is 0.269 e. The molecule has 0 amide bonds. The molecule has 1 heterocycles. The largest absolute Gasteiger partial charge is 0.352 e. The molecule has 0 aromatic heterocycles. The summed E-state index contributed by atoms with van der Waals surface area (Å²) in [5, 5.41) is 16.9. The van der Waals surface area contributed by atoms with Crippen molar-refractivity contribution in [2.24, 2.45) is 0 Å². The molecule has 0 saturated carbocycles. The maximum atomic E-state index is 10.5. The van der Waals surface area contributed by atoms with E-state index in [1.54, 1.807) is 18.3 Å². The van der Waals surface area contributed by atoms with Crippen LogP contribution in [0.25, 0.3) is 0 Å². The second-order valence-electron chi connectivity index (χ2n) is 3.30. The second-order valence-corrected chi connectivity index (χ2v) is 3.71. The molecule has 16 heavy (non-hydrogen) atoms. The summed E-state index contributed by atoms with van der Waals surface area (Å²) in [5.74, 6) is 0. The van der Waals surface area contributed by atoms with Crippen LogP contribution in [-0.2, 0) is 0 Å². The van der Waals surface area contributed by atoms with Gasteiger partial charge in [0.2, 0.25) is 0 Å². The topological polar surface area (TPSA) is 67.2 Å². The van der Waals surface area contributed by atoms with Crippen molar-refractivity contribution in [3.8, 4) is 0 Å². The van der Waals surface area contributed by atoms with Crippen molar-refractivity contribution in [3.63, 3.8) is 0 Å². The summed E-state index contributed by atoms with van der Waals surface area (Å²) in [6.07, 6.45) is 3.65. The summed E-state index contributed by atoms with van der Waals surface area (Å²) in [6.45, 7) is 0. The third-order valence-corrected chi connectivity index (χ3v) is 2.49. The summed E-state index contributed by atoms with van der Waals surface area (Å²) in [5.41, 5.74) is 1.02. The van der Waals surface area contributed by atoms with Gasteiger partial charge in [0.1, 0.15) is 0 Å². The lowest BCUT2D eigenvalue weighted by Gasteiger charge is -2.21. The number of hydrogen-bond acceptors (Lipinski definition) is 3. The van der Waals surface area contributed by atoms with Crippen molar-refractivity contribution >= 4 is 23.0 Å². The Morgan fingerprint density at radius 2 is 2.00 bits per heavy atom. The van der Waals surface area contributed by atoms with Crippen molar-refractivity contribution in [1.29, 1.82) is 0 Å². The van der Waals surface area contributed by atoms with E-state index in [1.807, 2.05) is 6.08 Å². The predicted molar refractivity (Wildman–Crippen MR) is 63.8 cm³/mol. The van der Waals surface area contributed by atoms with Gasteiger partial charge in [-0.05, 0) is 36.0 Å². The van der Waals surface area contributed by atoms with E-state index in [2.05, 4.69) is 10.6 Å². The summed E-state index contributed by atoms with van der Waals surface area (Å²) in [7, 11) is 0. The molecule has 1 unspecified atom stereocenters. The molecule has 1 aliphatic heterocycles. The normalized spacial score (nSPS) is 18.8. The average molecular weight is 235 g/mol. The van der Waals surface area contributed by atoms with E-state index in [0.29, 0.717) is 5.11 Å². The molecule has 0 spiro atoms. The van der Waals surface area contributed by atoms with E-state index in [0.717, 1.165) is 5.56 Å². The van der Waals surface area contributed by atoms with Crippen molar-refractivity contribution in [2.45, 2.75) is 6.04 Å². The molecule has 0 aliphatic carbocycles. The van der Waals surface area contributed by atoms with Crippen molar-refractivity contribution in [3.05, 3.63) is 52.2 Å². The first-order valence-corrected chi connectivity index (χ1v) is 5.06. The van der Waals surface area contributed by atoms with E-state index >= 15 is 0 Å². The smallest absolute Gasteiger partial charge is 0.269 e.